The van der Waals surface area contributed by atoms with Crippen LogP contribution in [0.3, 0.4) is 0 Å². The largest absolute Gasteiger partial charge is 0.338 e. The Hall–Kier alpha value is -2.05. The Morgan fingerprint density at radius 2 is 2.00 bits per heavy atom. The molecule has 0 amide bonds. The van der Waals surface area contributed by atoms with Gasteiger partial charge in [-0.1, -0.05) is 17.3 Å². The third-order valence-electron chi connectivity index (χ3n) is 3.68. The van der Waals surface area contributed by atoms with Gasteiger partial charge >= 0.3 is 0 Å². The van der Waals surface area contributed by atoms with Gasteiger partial charge in [-0.2, -0.15) is 4.98 Å². The molecule has 3 rings (SSSR count). The predicted molar refractivity (Wildman–Crippen MR) is 88.7 cm³/mol. The lowest BCUT2D eigenvalue weighted by atomic mass is 10.1. The molecule has 0 radical (unpaired) electrons. The summed E-state index contributed by atoms with van der Waals surface area (Å²) >= 11 is 1.74. The van der Waals surface area contributed by atoms with Crippen molar-refractivity contribution in [1.82, 2.24) is 15.0 Å². The van der Waals surface area contributed by atoms with Crippen LogP contribution in [0.4, 0.5) is 4.39 Å². The van der Waals surface area contributed by atoms with Crippen molar-refractivity contribution in [3.8, 4) is 11.4 Å². The lowest BCUT2D eigenvalue weighted by Crippen LogP contribution is -2.17. The maximum Gasteiger partial charge on any atom is 0.241 e. The molecule has 1 aromatic carbocycles. The molecule has 0 N–H and O–H groups in total. The summed E-state index contributed by atoms with van der Waals surface area (Å²) in [6, 6.07) is 7.06. The maximum atomic E-state index is 13.6. The van der Waals surface area contributed by atoms with Crippen molar-refractivity contribution in [2.75, 3.05) is 7.05 Å². The van der Waals surface area contributed by atoms with E-state index in [1.807, 2.05) is 7.05 Å². The highest BCUT2D eigenvalue weighted by atomic mass is 32.1. The Morgan fingerprint density at radius 3 is 2.70 bits per heavy atom. The molecule has 0 fully saturated rings. The van der Waals surface area contributed by atoms with Crippen LogP contribution in [0, 0.1) is 19.7 Å². The smallest absolute Gasteiger partial charge is 0.241 e. The molecule has 0 atom stereocenters. The molecule has 23 heavy (non-hydrogen) atoms. The molecule has 0 spiro atoms. The summed E-state index contributed by atoms with van der Waals surface area (Å²) in [5, 5.41) is 6.04. The van der Waals surface area contributed by atoms with E-state index in [1.54, 1.807) is 30.4 Å². The van der Waals surface area contributed by atoms with Gasteiger partial charge in [-0.05, 0) is 49.5 Å². The Labute approximate surface area is 138 Å². The lowest BCUT2D eigenvalue weighted by Gasteiger charge is -2.13. The first kappa shape index (κ1) is 15.8. The van der Waals surface area contributed by atoms with Crippen molar-refractivity contribution >= 4 is 11.3 Å². The van der Waals surface area contributed by atoms with Crippen LogP contribution in [-0.2, 0) is 13.1 Å². The van der Waals surface area contributed by atoms with E-state index in [9.17, 15) is 4.39 Å². The molecule has 0 aliphatic rings. The highest BCUT2D eigenvalue weighted by Gasteiger charge is 2.13. The number of thiophene rings is 1. The number of hydrogen-bond acceptors (Lipinski definition) is 5. The number of hydrogen-bond donors (Lipinski definition) is 0. The summed E-state index contributed by atoms with van der Waals surface area (Å²) in [6.07, 6.45) is 0. The summed E-state index contributed by atoms with van der Waals surface area (Å²) in [5.74, 6) is 0.677. The van der Waals surface area contributed by atoms with Crippen molar-refractivity contribution < 1.29 is 8.91 Å². The average molecular weight is 331 g/mol. The molecule has 2 heterocycles. The number of aromatic nitrogens is 2. The zero-order valence-electron chi connectivity index (χ0n) is 13.3. The zero-order chi connectivity index (χ0) is 16.4. The monoisotopic (exact) mass is 331 g/mol. The molecule has 0 saturated heterocycles. The van der Waals surface area contributed by atoms with Gasteiger partial charge in [-0.15, -0.1) is 11.3 Å². The quantitative estimate of drug-likeness (QED) is 0.703. The Bertz CT molecular complexity index is 812. The van der Waals surface area contributed by atoms with Crippen molar-refractivity contribution in [3.05, 3.63) is 57.4 Å². The van der Waals surface area contributed by atoms with Gasteiger partial charge in [0.2, 0.25) is 11.7 Å². The first-order valence-electron chi connectivity index (χ1n) is 7.33. The van der Waals surface area contributed by atoms with Crippen LogP contribution in [-0.4, -0.2) is 22.1 Å². The Kier molecular flexibility index (Phi) is 4.54. The second kappa shape index (κ2) is 6.60. The van der Waals surface area contributed by atoms with Crippen LogP contribution >= 0.6 is 11.3 Å². The predicted octanol–water partition coefficient (Wildman–Crippen LogP) is 4.19. The van der Waals surface area contributed by atoms with Gasteiger partial charge in [0.15, 0.2) is 0 Å². The third kappa shape index (κ3) is 3.65. The summed E-state index contributed by atoms with van der Waals surface area (Å²) in [7, 11) is 2.01. The van der Waals surface area contributed by atoms with E-state index in [-0.39, 0.29) is 5.82 Å². The first-order valence-corrected chi connectivity index (χ1v) is 8.21. The van der Waals surface area contributed by atoms with Gasteiger partial charge in [0, 0.05) is 17.0 Å². The van der Waals surface area contributed by atoms with Gasteiger partial charge in [-0.25, -0.2) is 4.39 Å². The second-order valence-electron chi connectivity index (χ2n) is 5.67. The number of benzene rings is 1. The molecule has 0 bridgehead atoms. The maximum absolute atomic E-state index is 13.6. The standard InChI is InChI=1S/C17H18FN3OS/c1-11-4-5-13(8-14(11)18)17-19-16(22-20-17)10-21(3)9-15-12(2)6-7-23-15/h4-8H,9-10H2,1-3H3. The van der Waals surface area contributed by atoms with E-state index in [4.69, 9.17) is 4.52 Å². The fourth-order valence-electron chi connectivity index (χ4n) is 2.27. The molecule has 2 aromatic heterocycles. The van der Waals surface area contributed by atoms with E-state index in [1.165, 1.54) is 16.5 Å². The molecular formula is C17H18FN3OS. The minimum absolute atomic E-state index is 0.265. The molecule has 0 aliphatic carbocycles. The molecular weight excluding hydrogens is 313 g/mol. The molecule has 3 aromatic rings. The average Bonchev–Trinajstić information content (AvgIpc) is 3.12. The Morgan fingerprint density at radius 1 is 1.17 bits per heavy atom. The van der Waals surface area contributed by atoms with Crippen LogP contribution in [0.5, 0.6) is 0 Å². The van der Waals surface area contributed by atoms with Gasteiger partial charge in [0.25, 0.3) is 0 Å². The van der Waals surface area contributed by atoms with Crippen molar-refractivity contribution in [2.45, 2.75) is 26.9 Å². The molecule has 0 saturated carbocycles. The number of aryl methyl sites for hydroxylation is 2. The second-order valence-corrected chi connectivity index (χ2v) is 6.68. The van der Waals surface area contributed by atoms with Crippen molar-refractivity contribution in [2.24, 2.45) is 0 Å². The molecule has 0 unspecified atom stereocenters. The minimum Gasteiger partial charge on any atom is -0.338 e. The van der Waals surface area contributed by atoms with Crippen LogP contribution in [0.1, 0.15) is 21.9 Å². The highest BCUT2D eigenvalue weighted by Crippen LogP contribution is 2.21. The van der Waals surface area contributed by atoms with E-state index >= 15 is 0 Å². The van der Waals surface area contributed by atoms with E-state index < -0.39 is 0 Å². The molecule has 6 heteroatoms. The summed E-state index contributed by atoms with van der Waals surface area (Å²) in [4.78, 5) is 7.80. The van der Waals surface area contributed by atoms with Crippen LogP contribution in [0.2, 0.25) is 0 Å². The van der Waals surface area contributed by atoms with E-state index in [0.29, 0.717) is 29.4 Å². The number of rotatable bonds is 5. The summed E-state index contributed by atoms with van der Waals surface area (Å²) in [5.41, 5.74) is 2.52. The lowest BCUT2D eigenvalue weighted by molar-refractivity contribution is 0.262. The molecule has 4 nitrogen and oxygen atoms in total. The first-order chi connectivity index (χ1) is 11.0. The van der Waals surface area contributed by atoms with E-state index in [0.717, 1.165) is 6.54 Å². The third-order valence-corrected chi connectivity index (χ3v) is 4.69. The fourth-order valence-corrected chi connectivity index (χ4v) is 3.25. The summed E-state index contributed by atoms with van der Waals surface area (Å²) < 4.78 is 18.9. The van der Waals surface area contributed by atoms with Gasteiger partial charge in [0.05, 0.1) is 6.54 Å². The van der Waals surface area contributed by atoms with Gasteiger partial charge < -0.3 is 4.52 Å². The minimum atomic E-state index is -0.265. The fraction of sp³-hybridized carbons (Fsp3) is 0.294. The van der Waals surface area contributed by atoms with Crippen LogP contribution < -0.4 is 0 Å². The van der Waals surface area contributed by atoms with Gasteiger partial charge in [0.1, 0.15) is 5.82 Å². The normalized spacial score (nSPS) is 11.3. The number of nitrogens with zero attached hydrogens (tertiary/aromatic N) is 3. The van der Waals surface area contributed by atoms with E-state index in [2.05, 4.69) is 33.4 Å². The SMILES string of the molecule is Cc1ccc(-c2noc(CN(C)Cc3sccc3C)n2)cc1F. The zero-order valence-corrected chi connectivity index (χ0v) is 14.2. The van der Waals surface area contributed by atoms with Crippen LogP contribution in [0.25, 0.3) is 11.4 Å². The van der Waals surface area contributed by atoms with Gasteiger partial charge in [-0.3, -0.25) is 4.90 Å². The van der Waals surface area contributed by atoms with Crippen molar-refractivity contribution in [3.63, 3.8) is 0 Å². The Balaban J connectivity index is 1.69. The topological polar surface area (TPSA) is 42.2 Å². The van der Waals surface area contributed by atoms with Crippen LogP contribution in [0.15, 0.2) is 34.2 Å². The highest BCUT2D eigenvalue weighted by molar-refractivity contribution is 7.10. The number of halogens is 1. The van der Waals surface area contributed by atoms with Crippen molar-refractivity contribution in [1.29, 1.82) is 0 Å². The molecule has 120 valence electrons. The molecule has 0 aliphatic heterocycles. The summed E-state index contributed by atoms with van der Waals surface area (Å²) in [6.45, 7) is 5.22.